The molecule has 0 heterocycles. The van der Waals surface area contributed by atoms with Gasteiger partial charge in [-0.15, -0.1) is 13.1 Å². The normalized spacial score (nSPS) is 7.53. The average Bonchev–Trinajstić information content (AvgIpc) is 2.81. The fourth-order valence-corrected chi connectivity index (χ4v) is 1.99. The minimum atomic E-state index is -1.75. The molecule has 0 aromatic rings. The van der Waals surface area contributed by atoms with Gasteiger partial charge in [-0.1, -0.05) is 12.8 Å². The molecule has 0 aromatic heterocycles. The van der Waals surface area contributed by atoms with Gasteiger partial charge in [-0.3, -0.25) is 0 Å². The fourth-order valence-electron chi connectivity index (χ4n) is 1.99. The molecule has 0 aliphatic carbocycles. The molecule has 20 nitrogen and oxygen atoms in total. The Hall–Kier alpha value is -1.34. The van der Waals surface area contributed by atoms with Gasteiger partial charge < -0.3 is 86.0 Å². The molecule has 0 bridgehead atoms. The monoisotopic (exact) mass is 964 g/mol. The topological polar surface area (TPSA) is 373 Å². The zero-order chi connectivity index (χ0) is 27.9. The molecule has 0 spiro atoms. The van der Waals surface area contributed by atoms with Crippen LogP contribution in [0, 0.1) is 30.6 Å². The van der Waals surface area contributed by atoms with E-state index in [9.17, 15) is 9.59 Å². The minimum absolute atomic E-state index is 0. The number of carbonyl (C=O) groups is 2. The Balaban J connectivity index is -0.0000000640. The van der Waals surface area contributed by atoms with Crippen molar-refractivity contribution in [1.29, 1.82) is 0 Å². The maximum absolute atomic E-state index is 11.6. The quantitative estimate of drug-likeness (QED) is 0.122. The van der Waals surface area contributed by atoms with Gasteiger partial charge in [-0.25, -0.2) is 9.59 Å². The van der Waals surface area contributed by atoms with Crippen molar-refractivity contribution in [1.82, 2.24) is 9.80 Å². The van der Waals surface area contributed by atoms with E-state index in [-0.39, 0.29) is 49.9 Å². The van der Waals surface area contributed by atoms with Crippen LogP contribution in [-0.2, 0) is 47.0 Å². The first-order chi connectivity index (χ1) is 16.1. The molecule has 0 radical (unpaired) electrons. The predicted molar refractivity (Wildman–Crippen MR) is 138 cm³/mol. The van der Waals surface area contributed by atoms with Crippen LogP contribution in [0.4, 0.5) is 9.59 Å². The van der Waals surface area contributed by atoms with Gasteiger partial charge in [-0.05, 0) is 12.8 Å². The predicted octanol–water partition coefficient (Wildman–Crippen LogP) is 6.55. The largest absolute Gasteiger partial charge is 0.693 e. The molecule has 38 heavy (non-hydrogen) atoms. The van der Waals surface area contributed by atoms with E-state index >= 15 is 0 Å². The molecule has 24 heteroatoms. The third kappa shape index (κ3) is 59.6. The summed E-state index contributed by atoms with van der Waals surface area (Å²) in [6.07, 6.45) is 1.95. The van der Waals surface area contributed by atoms with Crippen molar-refractivity contribution in [3.8, 4) is 0 Å². The minimum Gasteiger partial charge on any atom is -0.693 e. The van der Waals surface area contributed by atoms with Crippen molar-refractivity contribution < 1.29 is 66.8 Å². The maximum Gasteiger partial charge on any atom is -0.693 e. The van der Waals surface area contributed by atoms with E-state index < -0.39 is 10.2 Å². The standard InChI is InChI=1S/C14H28N4O4.2ClH.2NO3.4H2N.2Pt/c1-21-13(19)17(11-5-7-15)9-3-4-10-18(12-6-8-16)14(20)22-2;;;2*2-1(3)4;;;;;;/h15-16H,3-12H2,1-2H3;2*1H;;;4*1H2;;/q-2;;;6*-1;2*+1/p-2. The van der Waals surface area contributed by atoms with E-state index in [1.165, 1.54) is 14.2 Å². The van der Waals surface area contributed by atoms with Gasteiger partial charge >= 0.3 is 68.6 Å². The Morgan fingerprint density at radius 1 is 0.658 bits per heavy atom. The van der Waals surface area contributed by atoms with Crippen LogP contribution in [0.1, 0.15) is 25.7 Å². The average molecular weight is 966 g/mol. The summed E-state index contributed by atoms with van der Waals surface area (Å²) < 4.78 is 9.43. The van der Waals surface area contributed by atoms with Gasteiger partial charge in [0.15, 0.2) is 0 Å². The summed E-state index contributed by atoms with van der Waals surface area (Å²) in [6, 6.07) is 0. The SMILES string of the molecule is COC(=O)N(CCC[NH-])CCCCN(CCC[NH-])C(=O)OC.O=[N+]([O-])[O-].O=[N+]([O-])[O-].[Cl][Pt].[Cl][Pt].[NH2-].[NH2-].[NH2-].[NH2-]. The summed E-state index contributed by atoms with van der Waals surface area (Å²) in [5.41, 5.74) is 14.3. The molecule has 0 aliphatic heterocycles. The number of ether oxygens (including phenoxy) is 2. The summed E-state index contributed by atoms with van der Waals surface area (Å²) in [6.45, 7) is 2.65. The van der Waals surface area contributed by atoms with Crippen LogP contribution in [-0.4, -0.2) is 85.6 Å². The molecule has 0 aromatic carbocycles. The Bertz CT molecular complexity index is 463. The van der Waals surface area contributed by atoms with Crippen molar-refractivity contribution in [2.45, 2.75) is 25.7 Å². The number of methoxy groups -OCH3 is 2. The number of rotatable bonds is 11. The van der Waals surface area contributed by atoms with Crippen molar-refractivity contribution in [2.24, 2.45) is 0 Å². The van der Waals surface area contributed by atoms with Gasteiger partial charge in [0, 0.05) is 26.2 Å². The first-order valence-electron chi connectivity index (χ1n) is 8.89. The number of nitrogens with one attached hydrogen (secondary N) is 2. The smallest absolute Gasteiger partial charge is 0.693 e. The van der Waals surface area contributed by atoms with E-state index in [1.807, 2.05) is 0 Å². The van der Waals surface area contributed by atoms with E-state index in [2.05, 4.69) is 18.8 Å². The second-order valence-corrected chi connectivity index (χ2v) is 5.28. The molecule has 0 saturated carbocycles. The first-order valence-corrected chi connectivity index (χ1v) is 14.5. The molecular weight excluding hydrogens is 929 g/mol. The zero-order valence-electron chi connectivity index (χ0n) is 20.6. The van der Waals surface area contributed by atoms with Crippen LogP contribution in [0.5, 0.6) is 0 Å². The Labute approximate surface area is 252 Å². The van der Waals surface area contributed by atoms with E-state index in [0.29, 0.717) is 39.0 Å². The maximum atomic E-state index is 11.6. The van der Waals surface area contributed by atoms with Crippen LogP contribution >= 0.6 is 18.8 Å². The van der Waals surface area contributed by atoms with Crippen LogP contribution < -0.4 is 0 Å². The number of hydrogen-bond acceptors (Lipinski definition) is 10. The molecule has 0 atom stereocenters. The molecule has 0 rings (SSSR count). The molecule has 2 amide bonds. The van der Waals surface area contributed by atoms with Crippen molar-refractivity contribution >= 4 is 31.0 Å². The van der Waals surface area contributed by atoms with Crippen LogP contribution in [0.2, 0.25) is 0 Å². The fraction of sp³-hybridized carbons (Fsp3) is 0.857. The van der Waals surface area contributed by atoms with Crippen molar-refractivity contribution in [2.75, 3.05) is 53.5 Å². The molecular formula is C14H36Cl2N10O10Pt2-8. The van der Waals surface area contributed by atoms with Crippen LogP contribution in [0.25, 0.3) is 36.1 Å². The van der Waals surface area contributed by atoms with E-state index in [4.69, 9.17) is 51.6 Å². The first kappa shape index (κ1) is 60.9. The van der Waals surface area contributed by atoms with E-state index in [0.717, 1.165) is 12.8 Å². The third-order valence-electron chi connectivity index (χ3n) is 3.18. The summed E-state index contributed by atoms with van der Waals surface area (Å²) in [7, 11) is 11.9. The zero-order valence-corrected chi connectivity index (χ0v) is 26.7. The Kier molecular flexibility index (Phi) is 83.6. The molecule has 244 valence electrons. The molecule has 10 N–H and O–H groups in total. The second-order valence-electron chi connectivity index (χ2n) is 5.28. The summed E-state index contributed by atoms with van der Waals surface area (Å²) in [5, 5.41) is 29.5. The third-order valence-corrected chi connectivity index (χ3v) is 3.18. The van der Waals surface area contributed by atoms with E-state index in [1.54, 1.807) is 47.3 Å². The summed E-state index contributed by atoms with van der Waals surface area (Å²) in [4.78, 5) is 42.8. The second kappa shape index (κ2) is 52.2. The summed E-state index contributed by atoms with van der Waals surface area (Å²) in [5.74, 6) is 0. The Morgan fingerprint density at radius 3 is 1.00 bits per heavy atom. The number of hydrogen-bond donors (Lipinski definition) is 0. The van der Waals surface area contributed by atoms with Gasteiger partial charge in [0.1, 0.15) is 0 Å². The van der Waals surface area contributed by atoms with Gasteiger partial charge in [0.05, 0.1) is 24.4 Å². The van der Waals surface area contributed by atoms with Gasteiger partial charge in [0.25, 0.3) is 0 Å². The number of nitrogens with two attached hydrogens (primary N) is 4. The van der Waals surface area contributed by atoms with Gasteiger partial charge in [-0.2, -0.15) is 0 Å². The number of amides is 2. The molecule has 0 unspecified atom stereocenters. The molecule has 0 saturated heterocycles. The number of nitrogens with zero attached hydrogens (tertiary/aromatic N) is 4. The number of carbonyl (C=O) groups excluding carboxylic acids is 2. The molecule has 0 aliphatic rings. The number of halogens is 2. The van der Waals surface area contributed by atoms with Gasteiger partial charge in [0.2, 0.25) is 0 Å². The van der Waals surface area contributed by atoms with Crippen LogP contribution in [0.15, 0.2) is 0 Å². The van der Waals surface area contributed by atoms with Crippen molar-refractivity contribution in [3.05, 3.63) is 66.7 Å². The summed E-state index contributed by atoms with van der Waals surface area (Å²) >= 11 is 3.22. The Morgan fingerprint density at radius 2 is 0.842 bits per heavy atom. The number of unbranched alkanes of at least 4 members (excludes halogenated alkanes) is 1. The van der Waals surface area contributed by atoms with Crippen LogP contribution in [0.3, 0.4) is 0 Å². The molecule has 0 fully saturated rings. The van der Waals surface area contributed by atoms with Crippen molar-refractivity contribution in [3.63, 3.8) is 0 Å².